The van der Waals surface area contributed by atoms with Crippen molar-refractivity contribution in [3.8, 4) is 0 Å². The molecular weight excluding hydrogens is 262 g/mol. The van der Waals surface area contributed by atoms with E-state index in [1.807, 2.05) is 11.3 Å². The fraction of sp³-hybridized carbons (Fsp3) is 0.733. The molecule has 0 spiro atoms. The van der Waals surface area contributed by atoms with Crippen molar-refractivity contribution in [2.45, 2.75) is 58.4 Å². The molecule has 0 bridgehead atoms. The van der Waals surface area contributed by atoms with Crippen molar-refractivity contribution in [2.75, 3.05) is 6.54 Å². The predicted molar refractivity (Wildman–Crippen MR) is 81.7 cm³/mol. The average molecular weight is 286 g/mol. The number of aryl methyl sites for hydroxylation is 1. The minimum atomic E-state index is 0.462. The molecule has 1 nitrogen and oxygen atoms in total. The maximum absolute atomic E-state index is 6.43. The molecule has 3 heteroatoms. The maximum atomic E-state index is 6.43. The lowest BCUT2D eigenvalue weighted by Crippen LogP contribution is -2.24. The van der Waals surface area contributed by atoms with E-state index < -0.39 is 0 Å². The van der Waals surface area contributed by atoms with Gasteiger partial charge in [-0.2, -0.15) is 0 Å². The van der Waals surface area contributed by atoms with Crippen LogP contribution in [-0.2, 0) is 0 Å². The summed E-state index contributed by atoms with van der Waals surface area (Å²) in [6.45, 7) is 5.30. The third-order valence-corrected chi connectivity index (χ3v) is 5.81. The lowest BCUT2D eigenvalue weighted by molar-refractivity contribution is 0.303. The summed E-state index contributed by atoms with van der Waals surface area (Å²) in [5.41, 5.74) is 1.23. The molecule has 1 heterocycles. The number of hydrogen-bond donors (Lipinski definition) is 1. The zero-order chi connectivity index (χ0) is 13.0. The van der Waals surface area contributed by atoms with Gasteiger partial charge < -0.3 is 5.32 Å². The zero-order valence-corrected chi connectivity index (χ0v) is 13.0. The topological polar surface area (TPSA) is 12.0 Å². The quantitative estimate of drug-likeness (QED) is 0.771. The molecule has 0 radical (unpaired) electrons. The van der Waals surface area contributed by atoms with Crippen LogP contribution >= 0.6 is 22.9 Å². The van der Waals surface area contributed by atoms with Crippen LogP contribution in [0.2, 0.25) is 5.02 Å². The first-order valence-corrected chi connectivity index (χ1v) is 8.45. The normalized spacial score (nSPS) is 19.1. The maximum Gasteiger partial charge on any atom is 0.0590 e. The van der Waals surface area contributed by atoms with E-state index in [9.17, 15) is 0 Å². The SMILES string of the molecule is CCNC(CC1CCCCC1)c1scc(C)c1Cl. The average Bonchev–Trinajstić information content (AvgIpc) is 2.71. The highest BCUT2D eigenvalue weighted by Crippen LogP contribution is 2.38. The van der Waals surface area contributed by atoms with Gasteiger partial charge in [0.15, 0.2) is 0 Å². The molecule has 0 amide bonds. The smallest absolute Gasteiger partial charge is 0.0590 e. The van der Waals surface area contributed by atoms with Crippen molar-refractivity contribution < 1.29 is 0 Å². The highest BCUT2D eigenvalue weighted by Gasteiger charge is 2.22. The molecule has 102 valence electrons. The molecule has 2 rings (SSSR count). The Hall–Kier alpha value is -0.0500. The number of nitrogens with one attached hydrogen (secondary N) is 1. The van der Waals surface area contributed by atoms with Crippen LogP contribution in [0.4, 0.5) is 0 Å². The predicted octanol–water partition coefficient (Wildman–Crippen LogP) is 5.33. The van der Waals surface area contributed by atoms with Crippen LogP contribution in [0.1, 0.15) is 61.9 Å². The molecule has 1 aliphatic rings. The van der Waals surface area contributed by atoms with Crippen molar-refractivity contribution in [1.29, 1.82) is 0 Å². The summed E-state index contributed by atoms with van der Waals surface area (Å²) in [7, 11) is 0. The molecule has 0 saturated heterocycles. The van der Waals surface area contributed by atoms with Crippen molar-refractivity contribution in [3.63, 3.8) is 0 Å². The molecular formula is C15H24ClNS. The molecule has 0 aromatic carbocycles. The first-order valence-electron chi connectivity index (χ1n) is 7.19. The standard InChI is InChI=1S/C15H24ClNS/c1-3-17-13(9-12-7-5-4-6-8-12)15-14(16)11(2)10-18-15/h10,12-13,17H,3-9H2,1-2H3. The molecule has 1 unspecified atom stereocenters. The van der Waals surface area contributed by atoms with Gasteiger partial charge >= 0.3 is 0 Å². The Morgan fingerprint density at radius 2 is 2.11 bits per heavy atom. The van der Waals surface area contributed by atoms with Gasteiger partial charge in [-0.1, -0.05) is 50.6 Å². The Morgan fingerprint density at radius 1 is 1.39 bits per heavy atom. The van der Waals surface area contributed by atoms with Crippen LogP contribution in [0.15, 0.2) is 5.38 Å². The molecule has 1 N–H and O–H groups in total. The van der Waals surface area contributed by atoms with Crippen LogP contribution in [-0.4, -0.2) is 6.54 Å². The molecule has 1 aliphatic carbocycles. The summed E-state index contributed by atoms with van der Waals surface area (Å²) >= 11 is 8.25. The van der Waals surface area contributed by atoms with Crippen molar-refractivity contribution in [1.82, 2.24) is 5.32 Å². The van der Waals surface area contributed by atoms with E-state index in [4.69, 9.17) is 11.6 Å². The fourth-order valence-electron chi connectivity index (χ4n) is 2.97. The summed E-state index contributed by atoms with van der Waals surface area (Å²) in [6.07, 6.45) is 8.34. The Labute approximate surface area is 120 Å². The van der Waals surface area contributed by atoms with Gasteiger partial charge in [0.05, 0.1) is 5.02 Å². The Balaban J connectivity index is 2.05. The lowest BCUT2D eigenvalue weighted by Gasteiger charge is -2.26. The van der Waals surface area contributed by atoms with Gasteiger partial charge in [-0.05, 0) is 36.8 Å². The first-order chi connectivity index (χ1) is 8.72. The van der Waals surface area contributed by atoms with E-state index in [1.54, 1.807) is 0 Å². The van der Waals surface area contributed by atoms with E-state index in [0.29, 0.717) is 6.04 Å². The minimum absolute atomic E-state index is 0.462. The summed E-state index contributed by atoms with van der Waals surface area (Å²) in [5, 5.41) is 6.80. The highest BCUT2D eigenvalue weighted by molar-refractivity contribution is 7.10. The number of halogens is 1. The molecule has 1 saturated carbocycles. The number of rotatable bonds is 5. The van der Waals surface area contributed by atoms with Crippen LogP contribution in [0.5, 0.6) is 0 Å². The van der Waals surface area contributed by atoms with Gasteiger partial charge in [-0.15, -0.1) is 11.3 Å². The van der Waals surface area contributed by atoms with Crippen molar-refractivity contribution in [2.24, 2.45) is 5.92 Å². The molecule has 1 fully saturated rings. The van der Waals surface area contributed by atoms with E-state index in [-0.39, 0.29) is 0 Å². The summed E-state index contributed by atoms with van der Waals surface area (Å²) in [4.78, 5) is 1.35. The highest BCUT2D eigenvalue weighted by atomic mass is 35.5. The molecule has 18 heavy (non-hydrogen) atoms. The number of thiophene rings is 1. The Bertz CT molecular complexity index is 369. The van der Waals surface area contributed by atoms with E-state index in [0.717, 1.165) is 17.5 Å². The largest absolute Gasteiger partial charge is 0.309 e. The minimum Gasteiger partial charge on any atom is -0.309 e. The molecule has 1 aromatic rings. The van der Waals surface area contributed by atoms with Gasteiger partial charge in [0, 0.05) is 10.9 Å². The summed E-state index contributed by atoms with van der Waals surface area (Å²) < 4.78 is 0. The van der Waals surface area contributed by atoms with Crippen molar-refractivity contribution >= 4 is 22.9 Å². The van der Waals surface area contributed by atoms with Crippen LogP contribution in [0, 0.1) is 12.8 Å². The Morgan fingerprint density at radius 3 is 2.67 bits per heavy atom. The van der Waals surface area contributed by atoms with Crippen molar-refractivity contribution in [3.05, 3.63) is 20.8 Å². The number of hydrogen-bond acceptors (Lipinski definition) is 2. The van der Waals surface area contributed by atoms with Gasteiger partial charge in [-0.25, -0.2) is 0 Å². The lowest BCUT2D eigenvalue weighted by atomic mass is 9.84. The first kappa shape index (κ1) is 14.4. The third-order valence-electron chi connectivity index (χ3n) is 3.99. The van der Waals surface area contributed by atoms with E-state index >= 15 is 0 Å². The summed E-state index contributed by atoms with van der Waals surface area (Å²) in [5.74, 6) is 0.890. The van der Waals surface area contributed by atoms with E-state index in [1.165, 1.54) is 49.0 Å². The van der Waals surface area contributed by atoms with Gasteiger partial charge in [0.2, 0.25) is 0 Å². The monoisotopic (exact) mass is 285 g/mol. The Kier molecular flexibility index (Phi) is 5.53. The second kappa shape index (κ2) is 6.93. The molecule has 0 aliphatic heterocycles. The van der Waals surface area contributed by atoms with Gasteiger partial charge in [0.25, 0.3) is 0 Å². The van der Waals surface area contributed by atoms with E-state index in [2.05, 4.69) is 24.5 Å². The van der Waals surface area contributed by atoms with Gasteiger partial charge in [0.1, 0.15) is 0 Å². The molecule has 1 aromatic heterocycles. The zero-order valence-electron chi connectivity index (χ0n) is 11.5. The second-order valence-electron chi connectivity index (χ2n) is 5.45. The second-order valence-corrected chi connectivity index (χ2v) is 6.74. The van der Waals surface area contributed by atoms with Crippen LogP contribution < -0.4 is 5.32 Å². The third kappa shape index (κ3) is 3.49. The summed E-state index contributed by atoms with van der Waals surface area (Å²) in [6, 6.07) is 0.462. The van der Waals surface area contributed by atoms with Gasteiger partial charge in [-0.3, -0.25) is 0 Å². The van der Waals surface area contributed by atoms with Crippen LogP contribution in [0.25, 0.3) is 0 Å². The fourth-order valence-corrected chi connectivity index (χ4v) is 4.38. The molecule has 1 atom stereocenters. The van der Waals surface area contributed by atoms with Crippen LogP contribution in [0.3, 0.4) is 0 Å².